The summed E-state index contributed by atoms with van der Waals surface area (Å²) in [6.07, 6.45) is 64.8. The number of esters is 1. The van der Waals surface area contributed by atoms with E-state index in [0.717, 1.165) is 51.4 Å². The zero-order valence-electron chi connectivity index (χ0n) is 44.0. The van der Waals surface area contributed by atoms with Gasteiger partial charge in [-0.2, -0.15) is 0 Å². The van der Waals surface area contributed by atoms with Gasteiger partial charge >= 0.3 is 5.97 Å². The van der Waals surface area contributed by atoms with Gasteiger partial charge in [0.25, 0.3) is 0 Å². The third-order valence-corrected chi connectivity index (χ3v) is 13.8. The van der Waals surface area contributed by atoms with Crippen LogP contribution in [0.2, 0.25) is 0 Å². The lowest BCUT2D eigenvalue weighted by Crippen LogP contribution is -2.45. The van der Waals surface area contributed by atoms with Crippen molar-refractivity contribution in [2.45, 2.75) is 341 Å². The molecular formula is C59H115NO5. The summed E-state index contributed by atoms with van der Waals surface area (Å²) in [6, 6.07) is -0.548. The van der Waals surface area contributed by atoms with Gasteiger partial charge in [0.1, 0.15) is 0 Å². The van der Waals surface area contributed by atoms with E-state index in [4.69, 9.17) is 4.74 Å². The van der Waals surface area contributed by atoms with Gasteiger partial charge < -0.3 is 20.3 Å². The first-order chi connectivity index (χ1) is 32.0. The molecule has 0 aliphatic carbocycles. The predicted molar refractivity (Wildman–Crippen MR) is 283 cm³/mol. The van der Waals surface area contributed by atoms with E-state index in [1.807, 2.05) is 0 Å². The van der Waals surface area contributed by atoms with Gasteiger partial charge in [-0.15, -0.1) is 0 Å². The second kappa shape index (κ2) is 55.2. The fraction of sp³-hybridized carbons (Fsp3) is 0.932. The summed E-state index contributed by atoms with van der Waals surface area (Å²) < 4.78 is 5.48. The minimum Gasteiger partial charge on any atom is -0.466 e. The summed E-state index contributed by atoms with van der Waals surface area (Å²) >= 11 is 0. The molecule has 2 unspecified atom stereocenters. The number of hydrogen-bond acceptors (Lipinski definition) is 5. The van der Waals surface area contributed by atoms with E-state index in [9.17, 15) is 19.8 Å². The topological polar surface area (TPSA) is 95.9 Å². The Labute approximate surface area is 406 Å². The minimum atomic E-state index is -0.670. The number of allylic oxidation sites excluding steroid dienone is 2. The largest absolute Gasteiger partial charge is 0.466 e. The molecule has 0 aliphatic rings. The number of carbonyl (C=O) groups excluding carboxylic acids is 2. The molecule has 0 aromatic rings. The second-order valence-corrected chi connectivity index (χ2v) is 20.3. The highest BCUT2D eigenvalue weighted by Gasteiger charge is 2.20. The number of amides is 1. The standard InChI is InChI=1S/C59H115NO5/c1-3-5-7-9-11-13-15-17-19-21-23-27-31-35-39-43-47-51-57(62)56(55-61)60-58(63)52-48-44-40-36-32-28-24-22-26-30-34-38-42-46-50-54-65-59(64)53-49-45-41-37-33-29-25-20-18-16-14-12-10-8-6-4-2/h20,25,56-57,61-62H,3-19,21-24,26-55H2,1-2H3,(H,60,63)/b25-20-. The van der Waals surface area contributed by atoms with Gasteiger partial charge in [-0.1, -0.05) is 276 Å². The summed E-state index contributed by atoms with van der Waals surface area (Å²) in [7, 11) is 0. The molecule has 0 rings (SSSR count). The minimum absolute atomic E-state index is 0.00585. The molecule has 0 heterocycles. The smallest absolute Gasteiger partial charge is 0.305 e. The molecule has 3 N–H and O–H groups in total. The van der Waals surface area contributed by atoms with Crippen LogP contribution < -0.4 is 5.32 Å². The van der Waals surface area contributed by atoms with Crippen LogP contribution in [0.3, 0.4) is 0 Å². The number of carbonyl (C=O) groups is 2. The van der Waals surface area contributed by atoms with Crippen molar-refractivity contribution in [3.8, 4) is 0 Å². The third-order valence-electron chi connectivity index (χ3n) is 13.8. The van der Waals surface area contributed by atoms with E-state index in [-0.39, 0.29) is 18.5 Å². The maximum absolute atomic E-state index is 12.5. The number of rotatable bonds is 55. The van der Waals surface area contributed by atoms with Crippen molar-refractivity contribution in [2.75, 3.05) is 13.2 Å². The molecule has 0 spiro atoms. The van der Waals surface area contributed by atoms with Crippen LogP contribution in [0.5, 0.6) is 0 Å². The van der Waals surface area contributed by atoms with E-state index >= 15 is 0 Å². The lowest BCUT2D eigenvalue weighted by atomic mass is 10.0. The quantitative estimate of drug-likeness (QED) is 0.0321. The van der Waals surface area contributed by atoms with E-state index in [2.05, 4.69) is 31.3 Å². The van der Waals surface area contributed by atoms with Crippen LogP contribution in [0.4, 0.5) is 0 Å². The molecule has 0 saturated carbocycles. The summed E-state index contributed by atoms with van der Waals surface area (Å²) in [6.45, 7) is 4.95. The third kappa shape index (κ3) is 51.8. The van der Waals surface area contributed by atoms with Crippen LogP contribution in [0.25, 0.3) is 0 Å². The van der Waals surface area contributed by atoms with Crippen LogP contribution in [-0.2, 0) is 14.3 Å². The number of aliphatic hydroxyl groups is 2. The Balaban J connectivity index is 3.42. The van der Waals surface area contributed by atoms with Crippen LogP contribution in [0, 0.1) is 0 Å². The van der Waals surface area contributed by atoms with Gasteiger partial charge in [0.2, 0.25) is 5.91 Å². The van der Waals surface area contributed by atoms with E-state index in [0.29, 0.717) is 25.9 Å². The molecule has 0 fully saturated rings. The molecule has 0 aromatic carbocycles. The number of aliphatic hydroxyl groups excluding tert-OH is 2. The Morgan fingerprint density at radius 1 is 0.415 bits per heavy atom. The van der Waals surface area contributed by atoms with Crippen molar-refractivity contribution in [3.63, 3.8) is 0 Å². The van der Waals surface area contributed by atoms with Crippen molar-refractivity contribution in [2.24, 2.45) is 0 Å². The van der Waals surface area contributed by atoms with Crippen LogP contribution in [0.1, 0.15) is 328 Å². The van der Waals surface area contributed by atoms with E-state index in [1.165, 1.54) is 244 Å². The number of nitrogens with one attached hydrogen (secondary N) is 1. The highest BCUT2D eigenvalue weighted by Crippen LogP contribution is 2.18. The highest BCUT2D eigenvalue weighted by molar-refractivity contribution is 5.76. The first-order valence-electron chi connectivity index (χ1n) is 29.4. The average molecular weight is 919 g/mol. The summed E-state index contributed by atoms with van der Waals surface area (Å²) in [5, 5.41) is 23.3. The normalized spacial score (nSPS) is 12.6. The molecule has 0 saturated heterocycles. The molecule has 1 amide bonds. The van der Waals surface area contributed by atoms with Crippen LogP contribution in [0.15, 0.2) is 12.2 Å². The number of hydrogen-bond donors (Lipinski definition) is 3. The first-order valence-corrected chi connectivity index (χ1v) is 29.4. The fourth-order valence-corrected chi connectivity index (χ4v) is 9.28. The molecule has 0 radical (unpaired) electrons. The monoisotopic (exact) mass is 918 g/mol. The lowest BCUT2D eigenvalue weighted by molar-refractivity contribution is -0.143. The molecule has 0 aliphatic heterocycles. The van der Waals surface area contributed by atoms with Gasteiger partial charge in [0.05, 0.1) is 25.4 Å². The van der Waals surface area contributed by atoms with Gasteiger partial charge in [-0.3, -0.25) is 9.59 Å². The van der Waals surface area contributed by atoms with Crippen molar-refractivity contribution in [1.82, 2.24) is 5.32 Å². The average Bonchev–Trinajstić information content (AvgIpc) is 3.31. The Bertz CT molecular complexity index is 970. The predicted octanol–water partition coefficient (Wildman–Crippen LogP) is 18.1. The van der Waals surface area contributed by atoms with Gasteiger partial charge in [-0.05, 0) is 51.4 Å². The molecule has 6 heteroatoms. The first kappa shape index (κ1) is 63.6. The SMILES string of the molecule is CCCCCCCCC/C=C\CCCCCCCC(=O)OCCCCCCCCCCCCCCCCCC(=O)NC(CO)C(O)CCCCCCCCCCCCCCCCCCC. The van der Waals surface area contributed by atoms with Gasteiger partial charge in [0, 0.05) is 12.8 Å². The van der Waals surface area contributed by atoms with Crippen LogP contribution >= 0.6 is 0 Å². The lowest BCUT2D eigenvalue weighted by Gasteiger charge is -2.22. The molecule has 0 bridgehead atoms. The van der Waals surface area contributed by atoms with E-state index < -0.39 is 12.1 Å². The van der Waals surface area contributed by atoms with Crippen molar-refractivity contribution in [1.29, 1.82) is 0 Å². The molecule has 0 aromatic heterocycles. The number of unbranched alkanes of at least 4 members (excludes halogenated alkanes) is 42. The van der Waals surface area contributed by atoms with Gasteiger partial charge in [-0.25, -0.2) is 0 Å². The fourth-order valence-electron chi connectivity index (χ4n) is 9.28. The molecular weight excluding hydrogens is 803 g/mol. The maximum atomic E-state index is 12.5. The zero-order valence-corrected chi connectivity index (χ0v) is 44.0. The van der Waals surface area contributed by atoms with Crippen LogP contribution in [-0.4, -0.2) is 47.4 Å². The molecule has 65 heavy (non-hydrogen) atoms. The highest BCUT2D eigenvalue weighted by atomic mass is 16.5. The Kier molecular flexibility index (Phi) is 54.0. The van der Waals surface area contributed by atoms with Crippen molar-refractivity contribution >= 4 is 11.9 Å². The van der Waals surface area contributed by atoms with Gasteiger partial charge in [0.15, 0.2) is 0 Å². The maximum Gasteiger partial charge on any atom is 0.305 e. The summed E-state index contributed by atoms with van der Waals surface area (Å²) in [4.78, 5) is 24.5. The Morgan fingerprint density at radius 3 is 1.09 bits per heavy atom. The van der Waals surface area contributed by atoms with Crippen molar-refractivity contribution in [3.05, 3.63) is 12.2 Å². The second-order valence-electron chi connectivity index (χ2n) is 20.3. The zero-order chi connectivity index (χ0) is 47.2. The summed E-state index contributed by atoms with van der Waals surface area (Å²) in [5.74, 6) is -0.0468. The van der Waals surface area contributed by atoms with E-state index in [1.54, 1.807) is 0 Å². The Morgan fingerprint density at radius 2 is 0.723 bits per heavy atom. The molecule has 2 atom stereocenters. The van der Waals surface area contributed by atoms with Crippen molar-refractivity contribution < 1.29 is 24.5 Å². The molecule has 386 valence electrons. The molecule has 6 nitrogen and oxygen atoms in total. The summed E-state index contributed by atoms with van der Waals surface area (Å²) in [5.41, 5.74) is 0. The number of ether oxygens (including phenoxy) is 1. The Hall–Kier alpha value is -1.40.